The molecule has 0 amide bonds. The largest absolute Gasteiger partial charge is 0.455 e. The molecule has 83 heavy (non-hydrogen) atoms. The number of furan rings is 1. The molecule has 13 aromatic rings. The van der Waals surface area contributed by atoms with E-state index in [1.807, 2.05) is 97.1 Å². The van der Waals surface area contributed by atoms with Crippen molar-refractivity contribution in [3.63, 3.8) is 0 Å². The van der Waals surface area contributed by atoms with Crippen LogP contribution in [0.4, 0.5) is 42.9 Å². The highest BCUT2D eigenvalue weighted by Crippen LogP contribution is 2.64. The monoisotopic (exact) mass is 1080 g/mol. The average Bonchev–Trinajstić information content (AvgIpc) is 1.64. The standard InChI is InChI=1S/C78H60F2N2O/c1-50(2)51-34-38-57(39-35-51)81(59-42-44-61(68(79)46-59)52-22-10-6-11-23-52)70-48-66-73(64-31-19-18-30-63(64)70)75-67(78(66,55-26-14-8-15-27-55)56-28-16-9-17-29-56)49-71(74-65-32-20-21-33-72(65)83-76(74)75)82(58-40-36-54(37-41-58)77(3,4)5)60-43-45-62(69(80)47-60)53-24-12-7-13-25-53/h6-50H,1-5H3. The Labute approximate surface area is 484 Å². The maximum atomic E-state index is 17.2. The molecule has 14 rings (SSSR count). The zero-order chi connectivity index (χ0) is 56.6. The van der Waals surface area contributed by atoms with E-state index in [4.69, 9.17) is 4.42 Å². The third-order valence-electron chi connectivity index (χ3n) is 17.0. The highest BCUT2D eigenvalue weighted by molar-refractivity contribution is 6.22. The number of nitrogens with zero attached hydrogens (tertiary/aromatic N) is 2. The summed E-state index contributed by atoms with van der Waals surface area (Å²) >= 11 is 0. The van der Waals surface area contributed by atoms with Crippen LogP contribution in [-0.2, 0) is 10.8 Å². The van der Waals surface area contributed by atoms with Crippen molar-refractivity contribution in [1.29, 1.82) is 0 Å². The van der Waals surface area contributed by atoms with Crippen molar-refractivity contribution in [2.24, 2.45) is 0 Å². The molecule has 3 nitrogen and oxygen atoms in total. The van der Waals surface area contributed by atoms with Gasteiger partial charge in [-0.2, -0.15) is 0 Å². The minimum Gasteiger partial charge on any atom is -0.455 e. The van der Waals surface area contributed by atoms with Gasteiger partial charge in [-0.1, -0.05) is 223 Å². The van der Waals surface area contributed by atoms with E-state index in [0.717, 1.165) is 100.0 Å². The van der Waals surface area contributed by atoms with Crippen molar-refractivity contribution >= 4 is 66.8 Å². The molecule has 0 radical (unpaired) electrons. The Kier molecular flexibility index (Phi) is 12.6. The summed E-state index contributed by atoms with van der Waals surface area (Å²) in [7, 11) is 0. The predicted octanol–water partition coefficient (Wildman–Crippen LogP) is 22.1. The number of hydrogen-bond donors (Lipinski definition) is 0. The first-order valence-electron chi connectivity index (χ1n) is 28.6. The second-order valence-corrected chi connectivity index (χ2v) is 23.2. The molecule has 0 N–H and O–H groups in total. The second kappa shape index (κ2) is 20.3. The number of halogens is 2. The van der Waals surface area contributed by atoms with Gasteiger partial charge in [0.1, 0.15) is 22.8 Å². The highest BCUT2D eigenvalue weighted by Gasteiger charge is 2.50. The summed E-state index contributed by atoms with van der Waals surface area (Å²) in [6.45, 7) is 11.1. The minimum atomic E-state index is -0.992. The first kappa shape index (κ1) is 51.3. The quantitative estimate of drug-likeness (QED) is 0.129. The van der Waals surface area contributed by atoms with Crippen LogP contribution in [0.1, 0.15) is 73.9 Å². The van der Waals surface area contributed by atoms with Gasteiger partial charge < -0.3 is 14.2 Å². The first-order chi connectivity index (χ1) is 40.5. The summed E-state index contributed by atoms with van der Waals surface area (Å²) < 4.78 is 41.8. The van der Waals surface area contributed by atoms with Crippen molar-refractivity contribution < 1.29 is 13.2 Å². The number of hydrogen-bond acceptors (Lipinski definition) is 3. The summed E-state index contributed by atoms with van der Waals surface area (Å²) in [5.41, 5.74) is 16.5. The third kappa shape index (κ3) is 8.52. The van der Waals surface area contributed by atoms with Crippen LogP contribution in [0.2, 0.25) is 0 Å². The van der Waals surface area contributed by atoms with Gasteiger partial charge in [-0.3, -0.25) is 0 Å². The normalized spacial score (nSPS) is 12.7. The minimum absolute atomic E-state index is 0.111. The van der Waals surface area contributed by atoms with Crippen LogP contribution in [-0.4, -0.2) is 0 Å². The van der Waals surface area contributed by atoms with Crippen LogP contribution in [0, 0.1) is 11.6 Å². The molecule has 0 fully saturated rings. The fourth-order valence-electron chi connectivity index (χ4n) is 13.0. The lowest BCUT2D eigenvalue weighted by Gasteiger charge is -2.36. The molecule has 12 aromatic carbocycles. The molecule has 0 unspecified atom stereocenters. The first-order valence-corrected chi connectivity index (χ1v) is 28.6. The van der Waals surface area contributed by atoms with E-state index in [0.29, 0.717) is 28.4 Å². The van der Waals surface area contributed by atoms with Crippen molar-refractivity contribution in [2.45, 2.75) is 51.4 Å². The van der Waals surface area contributed by atoms with Gasteiger partial charge in [0.2, 0.25) is 0 Å². The Morgan fingerprint density at radius 3 is 1.36 bits per heavy atom. The van der Waals surface area contributed by atoms with Gasteiger partial charge in [-0.05, 0) is 146 Å². The summed E-state index contributed by atoms with van der Waals surface area (Å²) in [4.78, 5) is 4.45. The van der Waals surface area contributed by atoms with E-state index in [1.165, 1.54) is 11.1 Å². The Hall–Kier alpha value is -9.84. The summed E-state index contributed by atoms with van der Waals surface area (Å²) in [6.07, 6.45) is 0. The zero-order valence-corrected chi connectivity index (χ0v) is 47.0. The van der Waals surface area contributed by atoms with Crippen LogP contribution in [0.3, 0.4) is 0 Å². The lowest BCUT2D eigenvalue weighted by molar-refractivity contribution is 0.590. The molecule has 0 bridgehead atoms. The number of para-hydroxylation sites is 1. The number of benzene rings is 12. The van der Waals surface area contributed by atoms with Crippen molar-refractivity contribution in [1.82, 2.24) is 0 Å². The number of fused-ring (bicyclic) bond motifs is 9. The van der Waals surface area contributed by atoms with Crippen LogP contribution < -0.4 is 9.80 Å². The molecule has 0 atom stereocenters. The fraction of sp³-hybridized carbons (Fsp3) is 0.103. The molecule has 402 valence electrons. The molecular weight excluding hydrogens is 1020 g/mol. The summed E-state index contributed by atoms with van der Waals surface area (Å²) in [6, 6.07) is 91.4. The lowest BCUT2D eigenvalue weighted by Crippen LogP contribution is -2.29. The van der Waals surface area contributed by atoms with Gasteiger partial charge >= 0.3 is 0 Å². The van der Waals surface area contributed by atoms with E-state index in [9.17, 15) is 0 Å². The lowest BCUT2D eigenvalue weighted by atomic mass is 9.67. The maximum absolute atomic E-state index is 17.2. The van der Waals surface area contributed by atoms with Crippen LogP contribution in [0.15, 0.2) is 271 Å². The summed E-state index contributed by atoms with van der Waals surface area (Å²) in [5.74, 6) is -0.333. The van der Waals surface area contributed by atoms with Gasteiger partial charge in [0, 0.05) is 50.2 Å². The topological polar surface area (TPSA) is 19.6 Å². The number of anilines is 6. The van der Waals surface area contributed by atoms with Crippen molar-refractivity contribution in [3.05, 3.63) is 312 Å². The molecule has 0 saturated heterocycles. The molecular formula is C78H60F2N2O. The van der Waals surface area contributed by atoms with Gasteiger partial charge in [0.05, 0.1) is 22.2 Å². The van der Waals surface area contributed by atoms with Gasteiger partial charge in [-0.15, -0.1) is 0 Å². The van der Waals surface area contributed by atoms with E-state index in [2.05, 4.69) is 202 Å². The van der Waals surface area contributed by atoms with E-state index < -0.39 is 5.41 Å². The molecule has 1 aromatic heterocycles. The molecule has 0 aliphatic heterocycles. The Balaban J connectivity index is 1.12. The average molecular weight is 1080 g/mol. The zero-order valence-electron chi connectivity index (χ0n) is 47.0. The van der Waals surface area contributed by atoms with Gasteiger partial charge in [0.15, 0.2) is 0 Å². The van der Waals surface area contributed by atoms with E-state index in [-0.39, 0.29) is 17.0 Å². The predicted molar refractivity (Wildman–Crippen MR) is 341 cm³/mol. The van der Waals surface area contributed by atoms with Crippen molar-refractivity contribution in [2.75, 3.05) is 9.80 Å². The molecule has 0 spiro atoms. The maximum Gasteiger partial charge on any atom is 0.145 e. The SMILES string of the molecule is CC(C)c1ccc(N(c2ccc(-c3ccccc3)c(F)c2)c2cc3c(c4ccccc24)-c2c(cc(N(c4ccc(C(C)(C)C)cc4)c4ccc(-c5ccccc5)c(F)c4)c4c2oc2ccccc24)C3(c2ccccc2)c2ccccc2)cc1. The number of rotatable bonds is 11. The molecule has 1 aliphatic carbocycles. The Morgan fingerprint density at radius 2 is 0.843 bits per heavy atom. The van der Waals surface area contributed by atoms with Crippen LogP contribution >= 0.6 is 0 Å². The van der Waals surface area contributed by atoms with E-state index >= 15 is 8.78 Å². The molecule has 0 saturated carbocycles. The van der Waals surface area contributed by atoms with Crippen LogP contribution in [0.5, 0.6) is 0 Å². The summed E-state index contributed by atoms with van der Waals surface area (Å²) in [5, 5.41) is 3.85. The highest BCUT2D eigenvalue weighted by atomic mass is 19.1. The molecule has 1 aliphatic rings. The fourth-order valence-corrected chi connectivity index (χ4v) is 13.0. The molecule has 1 heterocycles. The Bertz CT molecular complexity index is 4530. The van der Waals surface area contributed by atoms with Gasteiger partial charge in [0.25, 0.3) is 0 Å². The third-order valence-corrected chi connectivity index (χ3v) is 17.0. The van der Waals surface area contributed by atoms with Gasteiger partial charge in [-0.25, -0.2) is 8.78 Å². The molecule has 5 heteroatoms. The smallest absolute Gasteiger partial charge is 0.145 e. The van der Waals surface area contributed by atoms with E-state index in [1.54, 1.807) is 12.1 Å². The second-order valence-electron chi connectivity index (χ2n) is 23.2. The van der Waals surface area contributed by atoms with Crippen molar-refractivity contribution in [3.8, 4) is 33.4 Å². The Morgan fingerprint density at radius 1 is 0.410 bits per heavy atom. The van der Waals surface area contributed by atoms with Crippen LogP contribution in [0.25, 0.3) is 66.1 Å².